The van der Waals surface area contributed by atoms with Gasteiger partial charge in [0.2, 0.25) is 5.91 Å². The van der Waals surface area contributed by atoms with Crippen molar-refractivity contribution in [3.8, 4) is 22.8 Å². The summed E-state index contributed by atoms with van der Waals surface area (Å²) < 4.78 is 143. The summed E-state index contributed by atoms with van der Waals surface area (Å²) in [5.74, 6) is -8.93. The van der Waals surface area contributed by atoms with Crippen molar-refractivity contribution in [2.45, 2.75) is 129 Å². The minimum absolute atomic E-state index is 0.0517. The second-order valence-electron chi connectivity index (χ2n) is 25.6. The highest BCUT2D eigenvalue weighted by molar-refractivity contribution is 9.10. The lowest BCUT2D eigenvalue weighted by Gasteiger charge is -2.46. The lowest BCUT2D eigenvalue weighted by Crippen LogP contribution is -2.56. The first-order valence-electron chi connectivity index (χ1n) is 34.5. The quantitative estimate of drug-likeness (QED) is 0.0350. The molecule has 110 heavy (non-hydrogen) atoms. The number of halogens is 11. The fourth-order valence-corrected chi connectivity index (χ4v) is 13.5. The average molecular weight is 1660 g/mol. The number of aliphatic imine (C=N–C) groups is 1. The van der Waals surface area contributed by atoms with E-state index < -0.39 is 201 Å². The average Bonchev–Trinajstić information content (AvgIpc) is 0.703. The van der Waals surface area contributed by atoms with Crippen molar-refractivity contribution in [3.63, 3.8) is 0 Å². The van der Waals surface area contributed by atoms with Gasteiger partial charge in [0.25, 0.3) is 34.4 Å². The van der Waals surface area contributed by atoms with Gasteiger partial charge in [0.05, 0.1) is 64.2 Å². The van der Waals surface area contributed by atoms with Crippen LogP contribution in [0.1, 0.15) is 147 Å². The fraction of sp³-hybridized carbons (Fsp3) is 0.303. The van der Waals surface area contributed by atoms with Gasteiger partial charge in [-0.05, 0) is 133 Å². The molecule has 0 saturated heterocycles. The maximum Gasteiger partial charge on any atom is 0.416 e. The van der Waals surface area contributed by atoms with Gasteiger partial charge in [-0.2, -0.15) is 39.5 Å². The number of unbranched alkanes of at least 4 members (excludes halogenated alkanes) is 3. The molecule has 9 aromatic rings. The molecule has 3 unspecified atom stereocenters. The Balaban J connectivity index is 1.46. The predicted octanol–water partition coefficient (Wildman–Crippen LogP) is 11.9. The number of nitrogens with zero attached hydrogens (tertiary/aromatic N) is 8. The number of benzene rings is 6. The largest absolute Gasteiger partial charge is 0.497 e. The molecule has 3 aromatic heterocycles. The Morgan fingerprint density at radius 1 is 0.491 bits per heavy atom. The number of nitrogens with two attached hydrogens (primary N) is 1. The summed E-state index contributed by atoms with van der Waals surface area (Å²) in [6.07, 6.45) is -17.4. The number of carbonyl (C=O) groups is 4. The van der Waals surface area contributed by atoms with Crippen LogP contribution in [0.2, 0.25) is 0 Å². The van der Waals surface area contributed by atoms with Crippen LogP contribution in [0, 0.1) is 5.92 Å². The first-order valence-corrected chi connectivity index (χ1v) is 36.1. The van der Waals surface area contributed by atoms with Gasteiger partial charge in [0, 0.05) is 54.4 Å². The Bertz CT molecular complexity index is 5440. The monoisotopic (exact) mass is 1660 g/mol. The maximum atomic E-state index is 16.5. The summed E-state index contributed by atoms with van der Waals surface area (Å²) in [6.45, 7) is 1.39. The number of ether oxygens (including phenoxy) is 1. The molecule has 0 spiro atoms. The van der Waals surface area contributed by atoms with Crippen LogP contribution in [-0.2, 0) is 62.5 Å². The molecule has 0 saturated carbocycles. The highest BCUT2D eigenvalue weighted by Crippen LogP contribution is 2.46. The van der Waals surface area contributed by atoms with Gasteiger partial charge in [-0.1, -0.05) is 126 Å². The van der Waals surface area contributed by atoms with Crippen LogP contribution in [0.25, 0.3) is 17.1 Å². The van der Waals surface area contributed by atoms with Crippen LogP contribution >= 0.6 is 31.9 Å². The second kappa shape index (κ2) is 34.2. The third-order valence-electron chi connectivity index (χ3n) is 18.2. The van der Waals surface area contributed by atoms with E-state index in [1.165, 1.54) is 31.4 Å². The van der Waals surface area contributed by atoms with Crippen LogP contribution in [0.4, 0.5) is 45.3 Å². The molecular weight excluding hydrogens is 1590 g/mol. The number of aromatic nitrogens is 6. The Morgan fingerprint density at radius 2 is 0.918 bits per heavy atom. The fourth-order valence-electron chi connectivity index (χ4n) is 12.8. The van der Waals surface area contributed by atoms with Gasteiger partial charge < -0.3 is 31.3 Å². The maximum absolute atomic E-state index is 16.5. The number of methoxy groups -OCH3 is 1. The van der Waals surface area contributed by atoms with Crippen LogP contribution in [0.15, 0.2) is 188 Å². The van der Waals surface area contributed by atoms with Gasteiger partial charge in [-0.25, -0.2) is 28.1 Å². The van der Waals surface area contributed by atoms with E-state index >= 15 is 47.9 Å². The lowest BCUT2D eigenvalue weighted by molar-refractivity contribution is -0.138. The molecule has 23 nitrogen and oxygen atoms in total. The number of hydrogen-bond donors (Lipinski definition) is 4. The summed E-state index contributed by atoms with van der Waals surface area (Å²) in [5.41, 5.74) is -14.2. The number of hydrogen-bond acceptors (Lipinski definition) is 13. The summed E-state index contributed by atoms with van der Waals surface area (Å²) in [4.78, 5) is 167. The molecule has 1 aliphatic rings. The van der Waals surface area contributed by atoms with E-state index in [0.717, 1.165) is 51.7 Å². The van der Waals surface area contributed by atoms with E-state index in [4.69, 9.17) is 15.5 Å². The van der Waals surface area contributed by atoms with Gasteiger partial charge >= 0.3 is 35.6 Å². The molecule has 10 rings (SSSR count). The highest BCUT2D eigenvalue weighted by atomic mass is 79.9. The number of carbonyl (C=O) groups excluding carboxylic acids is 4. The molecule has 0 radical (unpaired) electrons. The predicted molar refractivity (Wildman–Crippen MR) is 397 cm³/mol. The van der Waals surface area contributed by atoms with Gasteiger partial charge in [-0.3, -0.25) is 52.3 Å². The summed E-state index contributed by atoms with van der Waals surface area (Å²) in [5, 5.41) is 7.87. The number of amides is 4. The Labute approximate surface area is 636 Å². The van der Waals surface area contributed by atoms with E-state index in [2.05, 4.69) is 47.8 Å². The minimum Gasteiger partial charge on any atom is -0.497 e. The van der Waals surface area contributed by atoms with Crippen LogP contribution in [-0.4, -0.2) is 70.9 Å². The summed E-state index contributed by atoms with van der Waals surface area (Å²) >= 11 is 6.72. The first kappa shape index (κ1) is 81.4. The normalized spacial score (nSPS) is 14.5. The standard InChI is InChI=1S/C76H71Br2F9N12O11/c1-5-8-32-93-60(56(65(102)91-40-44-26-28-49(77)29-27-44)68(104)96(71(93)107)51-22-13-18-46(37-51)74(79,80)81)59-55(62(88)100)42-90-63(61-57(64(101)89-31-30-43-16-12-25-54(36-43)110-4)69(105)97(72(108)94(61)33-9-6-2)52-23-14-19-47(38-52)75(82,83)84)99(59)67-58(66(103)92-41-45-17-11-21-50(78)35-45)70(106)98(73(109)95(67)34-10-7-3)53-24-15-20-48(39-53)76(85,86)87/h11-29,35-39,42,55,59,63H,5-10,30-34,40-41H2,1-4H3,(H2,88,100)(H,89,101)(H,91,102)(H,92,103). The van der Waals surface area contributed by atoms with Crippen molar-refractivity contribution < 1.29 is 63.4 Å². The second-order valence-corrected chi connectivity index (χ2v) is 27.4. The van der Waals surface area contributed by atoms with E-state index in [1.807, 2.05) is 0 Å². The molecular formula is C76H71Br2F9N12O11. The zero-order valence-electron chi connectivity index (χ0n) is 59.2. The van der Waals surface area contributed by atoms with E-state index in [-0.39, 0.29) is 58.6 Å². The molecule has 5 N–H and O–H groups in total. The lowest BCUT2D eigenvalue weighted by atomic mass is 9.88. The summed E-state index contributed by atoms with van der Waals surface area (Å²) in [6, 6.07) is 24.9. The number of anilines is 1. The number of alkyl halides is 9. The third kappa shape index (κ3) is 17.4. The topological polar surface area (TPSA) is 287 Å². The van der Waals surface area contributed by atoms with Crippen molar-refractivity contribution in [3.05, 3.63) is 279 Å². The Morgan fingerprint density at radius 3 is 1.40 bits per heavy atom. The van der Waals surface area contributed by atoms with Crippen molar-refractivity contribution in [1.82, 2.24) is 43.4 Å². The van der Waals surface area contributed by atoms with Crippen molar-refractivity contribution in [2.75, 3.05) is 18.6 Å². The number of primary amides is 1. The number of nitrogens with one attached hydrogen (secondary N) is 3. The molecule has 0 bridgehead atoms. The highest BCUT2D eigenvalue weighted by Gasteiger charge is 2.50. The molecule has 3 atom stereocenters. The SMILES string of the molecule is CCCCn1c(C2N=CC(C(N)=O)C(c3c(C(=O)NCc4ccc(Br)cc4)c(=O)n(-c4cccc(C(F)(F)F)c4)c(=O)n3CCCC)N2c2c(C(=O)NCc3cccc(Br)c3)c(=O)n(-c3cccc(C(F)(F)F)c3)c(=O)n2CCCC)c(C(=O)NCCc2cccc(OC)c2)c(=O)n(-c2cccc(C(F)(F)F)c2)c1=O. The smallest absolute Gasteiger partial charge is 0.416 e. The Hall–Kier alpha value is -11.2. The first-order chi connectivity index (χ1) is 52.2. The van der Waals surface area contributed by atoms with Crippen molar-refractivity contribution in [2.24, 2.45) is 16.6 Å². The van der Waals surface area contributed by atoms with E-state index in [0.29, 0.717) is 77.3 Å². The van der Waals surface area contributed by atoms with Gasteiger partial charge in [0.15, 0.2) is 6.17 Å². The number of rotatable bonds is 27. The van der Waals surface area contributed by atoms with Crippen molar-refractivity contribution in [1.29, 1.82) is 0 Å². The zero-order chi connectivity index (χ0) is 79.8. The third-order valence-corrected chi connectivity index (χ3v) is 19.2. The van der Waals surface area contributed by atoms with Gasteiger partial charge in [-0.15, -0.1) is 0 Å². The Kier molecular flexibility index (Phi) is 25.3. The molecule has 4 amide bonds. The van der Waals surface area contributed by atoms with E-state index in [9.17, 15) is 39.5 Å². The van der Waals surface area contributed by atoms with Crippen molar-refractivity contribution >= 4 is 67.5 Å². The summed E-state index contributed by atoms with van der Waals surface area (Å²) in [7, 11) is 1.39. The van der Waals surface area contributed by atoms with Crippen LogP contribution in [0.5, 0.6) is 5.75 Å². The zero-order valence-corrected chi connectivity index (χ0v) is 62.3. The molecule has 578 valence electrons. The molecule has 0 aliphatic carbocycles. The minimum atomic E-state index is -5.16. The molecule has 4 heterocycles. The van der Waals surface area contributed by atoms with Crippen LogP contribution in [0.3, 0.4) is 0 Å². The molecule has 0 fully saturated rings. The van der Waals surface area contributed by atoms with Crippen LogP contribution < -0.4 is 65.1 Å². The molecule has 34 heteroatoms. The van der Waals surface area contributed by atoms with Gasteiger partial charge in [0.1, 0.15) is 28.3 Å². The molecule has 1 aliphatic heterocycles. The molecule has 6 aromatic carbocycles. The van der Waals surface area contributed by atoms with E-state index in [1.54, 1.807) is 69.3 Å².